The quantitative estimate of drug-likeness (QED) is 0.427. The van der Waals surface area contributed by atoms with E-state index in [1.165, 1.54) is 7.11 Å². The number of amides is 1. The molecule has 8 heteroatoms. The highest BCUT2D eigenvalue weighted by Crippen LogP contribution is 2.43. The first kappa shape index (κ1) is 25.6. The van der Waals surface area contributed by atoms with Gasteiger partial charge in [-0.1, -0.05) is 30.3 Å². The smallest absolute Gasteiger partial charge is 0.337 e. The van der Waals surface area contributed by atoms with E-state index >= 15 is 0 Å². The molecule has 192 valence electrons. The number of carbonyl (C=O) groups is 2. The molecule has 1 aliphatic rings. The molecule has 37 heavy (non-hydrogen) atoms. The van der Waals surface area contributed by atoms with Gasteiger partial charge in [0.25, 0.3) is 5.91 Å². The summed E-state index contributed by atoms with van der Waals surface area (Å²) in [5.74, 6) is 0.661. The van der Waals surface area contributed by atoms with Crippen LogP contribution in [0.2, 0.25) is 0 Å². The lowest BCUT2D eigenvalue weighted by molar-refractivity contribution is -0.129. The summed E-state index contributed by atoms with van der Waals surface area (Å²) in [6.07, 6.45) is 0.520. The Morgan fingerprint density at radius 2 is 1.54 bits per heavy atom. The van der Waals surface area contributed by atoms with E-state index in [4.69, 9.17) is 18.9 Å². The Hall–Kier alpha value is -4.46. The lowest BCUT2D eigenvalue weighted by Gasteiger charge is -2.28. The Kier molecular flexibility index (Phi) is 7.67. The summed E-state index contributed by atoms with van der Waals surface area (Å²) < 4.78 is 20.8. The molecule has 0 aromatic heterocycles. The molecular formula is C29H29NO7. The van der Waals surface area contributed by atoms with E-state index in [1.54, 1.807) is 62.6 Å². The van der Waals surface area contributed by atoms with Crippen LogP contribution in [0, 0.1) is 0 Å². The molecule has 1 amide bonds. The van der Waals surface area contributed by atoms with Crippen molar-refractivity contribution in [1.82, 2.24) is 4.90 Å². The van der Waals surface area contributed by atoms with Crippen LogP contribution in [0.25, 0.3) is 5.57 Å². The van der Waals surface area contributed by atoms with Crippen molar-refractivity contribution in [3.63, 3.8) is 0 Å². The Balaban J connectivity index is 1.70. The minimum atomic E-state index is -0.562. The normalized spacial score (nSPS) is 15.1. The van der Waals surface area contributed by atoms with Crippen LogP contribution >= 0.6 is 0 Å². The maximum Gasteiger partial charge on any atom is 0.337 e. The van der Waals surface area contributed by atoms with Crippen LogP contribution in [0.1, 0.15) is 33.1 Å². The number of hydrogen-bond acceptors (Lipinski definition) is 7. The van der Waals surface area contributed by atoms with Crippen molar-refractivity contribution in [2.24, 2.45) is 0 Å². The molecule has 0 spiro atoms. The summed E-state index contributed by atoms with van der Waals surface area (Å²) in [4.78, 5) is 26.9. The summed E-state index contributed by atoms with van der Waals surface area (Å²) in [6.45, 7) is 0.335. The van der Waals surface area contributed by atoms with E-state index in [2.05, 4.69) is 0 Å². The average Bonchev–Trinajstić information content (AvgIpc) is 3.20. The molecule has 1 N–H and O–H groups in total. The summed E-state index contributed by atoms with van der Waals surface area (Å²) >= 11 is 0. The van der Waals surface area contributed by atoms with Gasteiger partial charge in [-0.05, 0) is 59.5 Å². The SMILES string of the molecule is COC(=O)c1ccc([C@@H]2C(c3ccc(OC)cc3)=C(O)C(=O)N2CCc2ccc(OC)c(OC)c2)cc1. The third-order valence-electron chi connectivity index (χ3n) is 6.44. The highest BCUT2D eigenvalue weighted by atomic mass is 16.5. The summed E-state index contributed by atoms with van der Waals surface area (Å²) in [5.41, 5.74) is 3.28. The Bertz CT molecular complexity index is 1310. The average molecular weight is 504 g/mol. The Labute approximate surface area is 215 Å². The van der Waals surface area contributed by atoms with Gasteiger partial charge in [-0.3, -0.25) is 4.79 Å². The monoisotopic (exact) mass is 503 g/mol. The fourth-order valence-electron chi connectivity index (χ4n) is 4.50. The van der Waals surface area contributed by atoms with Crippen LogP contribution < -0.4 is 14.2 Å². The van der Waals surface area contributed by atoms with Crippen LogP contribution in [0.3, 0.4) is 0 Å². The second-order valence-corrected chi connectivity index (χ2v) is 8.44. The number of carbonyl (C=O) groups excluding carboxylic acids is 2. The number of rotatable bonds is 9. The summed E-state index contributed by atoms with van der Waals surface area (Å²) in [5, 5.41) is 11.0. The predicted molar refractivity (Wildman–Crippen MR) is 138 cm³/mol. The van der Waals surface area contributed by atoms with Gasteiger partial charge in [0.2, 0.25) is 0 Å². The van der Waals surface area contributed by atoms with Crippen LogP contribution in [-0.4, -0.2) is 56.9 Å². The van der Waals surface area contributed by atoms with Crippen LogP contribution in [0.15, 0.2) is 72.5 Å². The molecule has 1 aliphatic heterocycles. The highest BCUT2D eigenvalue weighted by molar-refractivity contribution is 6.05. The molecule has 8 nitrogen and oxygen atoms in total. The molecular weight excluding hydrogens is 474 g/mol. The van der Waals surface area contributed by atoms with Crippen molar-refractivity contribution in [3.8, 4) is 17.2 Å². The lowest BCUT2D eigenvalue weighted by Crippen LogP contribution is -2.32. The van der Waals surface area contributed by atoms with Crippen molar-refractivity contribution in [2.75, 3.05) is 35.0 Å². The molecule has 0 saturated carbocycles. The number of nitrogens with zero attached hydrogens (tertiary/aromatic N) is 1. The molecule has 4 rings (SSSR count). The fourth-order valence-corrected chi connectivity index (χ4v) is 4.50. The van der Waals surface area contributed by atoms with Crippen molar-refractivity contribution in [1.29, 1.82) is 0 Å². The van der Waals surface area contributed by atoms with Crippen LogP contribution in [0.5, 0.6) is 17.2 Å². The van der Waals surface area contributed by atoms with Crippen molar-refractivity contribution in [3.05, 3.63) is 94.7 Å². The second-order valence-electron chi connectivity index (χ2n) is 8.44. The van der Waals surface area contributed by atoms with Gasteiger partial charge in [0, 0.05) is 12.1 Å². The van der Waals surface area contributed by atoms with E-state index in [-0.39, 0.29) is 5.76 Å². The zero-order valence-electron chi connectivity index (χ0n) is 21.2. The maximum atomic E-state index is 13.3. The molecule has 0 radical (unpaired) electrons. The molecule has 3 aromatic carbocycles. The van der Waals surface area contributed by atoms with Gasteiger partial charge in [0.15, 0.2) is 17.3 Å². The maximum absolute atomic E-state index is 13.3. The predicted octanol–water partition coefficient (Wildman–Crippen LogP) is 4.59. The molecule has 1 atom stereocenters. The number of methoxy groups -OCH3 is 4. The van der Waals surface area contributed by atoms with Gasteiger partial charge in [0.05, 0.1) is 40.0 Å². The van der Waals surface area contributed by atoms with E-state index in [0.717, 1.165) is 11.1 Å². The Morgan fingerprint density at radius 1 is 0.865 bits per heavy atom. The zero-order valence-corrected chi connectivity index (χ0v) is 21.2. The van der Waals surface area contributed by atoms with E-state index in [0.29, 0.717) is 46.9 Å². The number of ether oxygens (including phenoxy) is 4. The number of hydrogen-bond donors (Lipinski definition) is 1. The van der Waals surface area contributed by atoms with Crippen molar-refractivity contribution >= 4 is 17.4 Å². The van der Waals surface area contributed by atoms with Crippen molar-refractivity contribution in [2.45, 2.75) is 12.5 Å². The number of aliphatic hydroxyl groups is 1. The molecule has 3 aromatic rings. The first-order chi connectivity index (χ1) is 17.9. The van der Waals surface area contributed by atoms with Gasteiger partial charge >= 0.3 is 5.97 Å². The molecule has 0 unspecified atom stereocenters. The van der Waals surface area contributed by atoms with E-state index in [9.17, 15) is 14.7 Å². The third-order valence-corrected chi connectivity index (χ3v) is 6.44. The van der Waals surface area contributed by atoms with Gasteiger partial charge in [-0.25, -0.2) is 4.79 Å². The van der Waals surface area contributed by atoms with E-state index < -0.39 is 17.9 Å². The van der Waals surface area contributed by atoms with Gasteiger partial charge in [-0.15, -0.1) is 0 Å². The van der Waals surface area contributed by atoms with Gasteiger partial charge in [-0.2, -0.15) is 0 Å². The first-order valence-corrected chi connectivity index (χ1v) is 11.7. The molecule has 0 bridgehead atoms. The molecule has 0 fully saturated rings. The number of aliphatic hydroxyl groups excluding tert-OH is 1. The van der Waals surface area contributed by atoms with Crippen molar-refractivity contribution < 1.29 is 33.6 Å². The summed E-state index contributed by atoms with van der Waals surface area (Å²) in [7, 11) is 6.05. The third kappa shape index (κ3) is 5.09. The van der Waals surface area contributed by atoms with Gasteiger partial charge in [0.1, 0.15) is 5.75 Å². The minimum Gasteiger partial charge on any atom is -0.503 e. The Morgan fingerprint density at radius 3 is 2.14 bits per heavy atom. The highest BCUT2D eigenvalue weighted by Gasteiger charge is 2.40. The second kappa shape index (κ2) is 11.1. The standard InChI is InChI=1S/C29H29NO7/c1-34-22-12-10-19(11-13-22)25-26(20-6-8-21(9-7-20)29(33)37-4)30(28(32)27(25)31)16-15-18-5-14-23(35-2)24(17-18)36-3/h5-14,17,26,31H,15-16H2,1-4H3/t26-/m1/s1. The number of esters is 1. The fraction of sp³-hybridized carbons (Fsp3) is 0.241. The zero-order chi connectivity index (χ0) is 26.5. The molecule has 0 saturated heterocycles. The van der Waals surface area contributed by atoms with Crippen LogP contribution in [0.4, 0.5) is 0 Å². The summed E-state index contributed by atoms with van der Waals surface area (Å²) in [6, 6.07) is 19.1. The topological polar surface area (TPSA) is 94.5 Å². The first-order valence-electron chi connectivity index (χ1n) is 11.7. The lowest BCUT2D eigenvalue weighted by atomic mass is 9.92. The largest absolute Gasteiger partial charge is 0.503 e. The van der Waals surface area contributed by atoms with E-state index in [1.807, 2.05) is 30.3 Å². The molecule has 1 heterocycles. The molecule has 0 aliphatic carbocycles. The minimum absolute atomic E-state index is 0.306. The van der Waals surface area contributed by atoms with Crippen LogP contribution in [-0.2, 0) is 16.0 Å². The number of benzene rings is 3. The van der Waals surface area contributed by atoms with Gasteiger partial charge < -0.3 is 29.0 Å².